The summed E-state index contributed by atoms with van der Waals surface area (Å²) < 4.78 is 16.0. The van der Waals surface area contributed by atoms with Gasteiger partial charge in [0.05, 0.1) is 26.9 Å². The van der Waals surface area contributed by atoms with Crippen LogP contribution in [0.4, 0.5) is 0 Å². The molecule has 36 heavy (non-hydrogen) atoms. The number of aromatic nitrogens is 1. The molecule has 0 bridgehead atoms. The van der Waals surface area contributed by atoms with Gasteiger partial charge in [-0.05, 0) is 48.2 Å². The van der Waals surface area contributed by atoms with Crippen molar-refractivity contribution in [3.63, 3.8) is 0 Å². The highest BCUT2D eigenvalue weighted by Crippen LogP contribution is 2.49. The van der Waals surface area contributed by atoms with E-state index in [1.165, 1.54) is 10.9 Å². The molecule has 1 saturated heterocycles. The molecule has 2 aliphatic rings. The lowest BCUT2D eigenvalue weighted by Gasteiger charge is -2.50. The molecule has 5 rings (SSSR count). The highest BCUT2D eigenvalue weighted by Gasteiger charge is 2.47. The third-order valence-electron chi connectivity index (χ3n) is 7.88. The van der Waals surface area contributed by atoms with Crippen molar-refractivity contribution in [1.29, 1.82) is 0 Å². The lowest BCUT2D eigenvalue weighted by Crippen LogP contribution is -2.54. The Kier molecular flexibility index (Phi) is 6.92. The molecule has 2 aliphatic heterocycles. The number of piperidine rings is 1. The molecule has 0 saturated carbocycles. The number of nitrogens with one attached hydrogen (secondary N) is 1. The number of aliphatic hydroxyl groups is 1. The molecule has 192 valence electrons. The predicted octanol–water partition coefficient (Wildman–Crippen LogP) is 3.24. The van der Waals surface area contributed by atoms with E-state index in [1.54, 1.807) is 21.3 Å². The predicted molar refractivity (Wildman–Crippen MR) is 137 cm³/mol. The second-order valence-electron chi connectivity index (χ2n) is 9.87. The number of methoxy groups -OCH3 is 3. The van der Waals surface area contributed by atoms with Crippen LogP contribution in [0.2, 0.25) is 0 Å². The van der Waals surface area contributed by atoms with E-state index in [2.05, 4.69) is 28.1 Å². The topological polar surface area (TPSA) is 87.3 Å². The van der Waals surface area contributed by atoms with Crippen LogP contribution in [-0.2, 0) is 21.5 Å². The molecule has 1 atom stereocenters. The van der Waals surface area contributed by atoms with E-state index >= 15 is 0 Å². The molecule has 0 unspecified atom stereocenters. The number of carbonyl (C=O) groups excluding carboxylic acids is 1. The molecule has 2 aromatic carbocycles. The summed E-state index contributed by atoms with van der Waals surface area (Å²) in [4.78, 5) is 20.5. The Morgan fingerprint density at radius 3 is 2.53 bits per heavy atom. The fraction of sp³-hybridized carbons (Fsp3) is 0.464. The monoisotopic (exact) mass is 493 g/mol. The molecular weight excluding hydrogens is 458 g/mol. The maximum atomic E-state index is 12.5. The summed E-state index contributed by atoms with van der Waals surface area (Å²) in [5.74, 6) is 1.65. The maximum absolute atomic E-state index is 12.5. The SMILES string of the molecule is COCC(=O)N1CCC2(CC1)CN(Cc1cccc(OC)c1)[C@H](CO)c1[nH]c3cc(OC)ccc3c12. The molecule has 1 fully saturated rings. The molecule has 2 N–H and O–H groups in total. The van der Waals surface area contributed by atoms with Crippen LogP contribution in [0.5, 0.6) is 11.5 Å². The number of fused-ring (bicyclic) bond motifs is 4. The van der Waals surface area contributed by atoms with E-state index in [0.29, 0.717) is 19.6 Å². The van der Waals surface area contributed by atoms with Gasteiger partial charge < -0.3 is 29.2 Å². The smallest absolute Gasteiger partial charge is 0.248 e. The minimum atomic E-state index is -0.164. The fourth-order valence-electron chi connectivity index (χ4n) is 6.09. The van der Waals surface area contributed by atoms with Gasteiger partial charge in [0.1, 0.15) is 18.1 Å². The van der Waals surface area contributed by atoms with Gasteiger partial charge in [-0.3, -0.25) is 9.69 Å². The second kappa shape index (κ2) is 10.1. The summed E-state index contributed by atoms with van der Waals surface area (Å²) >= 11 is 0. The number of benzene rings is 2. The average Bonchev–Trinajstić information content (AvgIpc) is 3.29. The fourth-order valence-corrected chi connectivity index (χ4v) is 6.09. The van der Waals surface area contributed by atoms with Crippen molar-refractivity contribution in [3.8, 4) is 11.5 Å². The van der Waals surface area contributed by atoms with E-state index in [4.69, 9.17) is 14.2 Å². The van der Waals surface area contributed by atoms with Crippen LogP contribution in [0.15, 0.2) is 42.5 Å². The van der Waals surface area contributed by atoms with Crippen LogP contribution >= 0.6 is 0 Å². The van der Waals surface area contributed by atoms with Gasteiger partial charge in [-0.2, -0.15) is 0 Å². The Hall–Kier alpha value is -3.07. The van der Waals surface area contributed by atoms with Crippen molar-refractivity contribution in [2.75, 3.05) is 54.2 Å². The molecule has 3 heterocycles. The van der Waals surface area contributed by atoms with Crippen LogP contribution in [0.25, 0.3) is 10.9 Å². The van der Waals surface area contributed by atoms with Gasteiger partial charge in [0.2, 0.25) is 5.91 Å². The number of likely N-dealkylation sites (tertiary alicyclic amines) is 1. The standard InChI is InChI=1S/C28H35N3O5/c1-34-17-25(33)30-11-9-28(10-12-30)18-31(15-19-5-4-6-20(13-19)35-2)24(16-32)27-26(28)22-8-7-21(36-3)14-23(22)29-27/h4-8,13-14,24,29,32H,9-12,15-18H2,1-3H3/t24-/m1/s1. The number of aliphatic hydroxyl groups excluding tert-OH is 1. The Labute approximate surface area is 211 Å². The zero-order valence-corrected chi connectivity index (χ0v) is 21.3. The first-order valence-electron chi connectivity index (χ1n) is 12.5. The van der Waals surface area contributed by atoms with Crippen LogP contribution in [0, 0.1) is 0 Å². The molecule has 1 aromatic heterocycles. The van der Waals surface area contributed by atoms with Gasteiger partial charge >= 0.3 is 0 Å². The Bertz CT molecular complexity index is 1230. The summed E-state index contributed by atoms with van der Waals surface area (Å²) in [7, 11) is 4.91. The lowest BCUT2D eigenvalue weighted by molar-refractivity contribution is -0.137. The number of aromatic amines is 1. The number of nitrogens with zero attached hydrogens (tertiary/aromatic N) is 2. The molecule has 8 heteroatoms. The first-order chi connectivity index (χ1) is 17.5. The van der Waals surface area contributed by atoms with Crippen molar-refractivity contribution in [2.24, 2.45) is 0 Å². The highest BCUT2D eigenvalue weighted by atomic mass is 16.5. The molecule has 0 radical (unpaired) electrons. The van der Waals surface area contributed by atoms with Gasteiger partial charge in [-0.1, -0.05) is 12.1 Å². The van der Waals surface area contributed by atoms with E-state index in [0.717, 1.165) is 47.7 Å². The summed E-state index contributed by atoms with van der Waals surface area (Å²) in [6.45, 7) is 2.97. The van der Waals surface area contributed by atoms with Gasteiger partial charge in [0.25, 0.3) is 0 Å². The number of ether oxygens (including phenoxy) is 3. The van der Waals surface area contributed by atoms with Crippen LogP contribution < -0.4 is 9.47 Å². The summed E-state index contributed by atoms with van der Waals surface area (Å²) in [6.07, 6.45) is 1.70. The number of rotatable bonds is 7. The lowest BCUT2D eigenvalue weighted by atomic mass is 9.68. The van der Waals surface area contributed by atoms with Crippen molar-refractivity contribution < 1.29 is 24.1 Å². The Morgan fingerprint density at radius 2 is 1.83 bits per heavy atom. The third-order valence-corrected chi connectivity index (χ3v) is 7.88. The third kappa shape index (κ3) is 4.34. The zero-order valence-electron chi connectivity index (χ0n) is 21.3. The van der Waals surface area contributed by atoms with Crippen LogP contribution in [0.1, 0.15) is 35.7 Å². The minimum absolute atomic E-state index is 0.00938. The van der Waals surface area contributed by atoms with Gasteiger partial charge in [-0.15, -0.1) is 0 Å². The number of carbonyl (C=O) groups is 1. The molecular formula is C28H35N3O5. The molecule has 1 spiro atoms. The van der Waals surface area contributed by atoms with Crippen LogP contribution in [-0.4, -0.2) is 80.0 Å². The molecule has 1 amide bonds. The van der Waals surface area contributed by atoms with E-state index < -0.39 is 0 Å². The summed E-state index contributed by atoms with van der Waals surface area (Å²) in [5, 5.41) is 11.8. The molecule has 8 nitrogen and oxygen atoms in total. The maximum Gasteiger partial charge on any atom is 0.248 e. The second-order valence-corrected chi connectivity index (χ2v) is 9.87. The van der Waals surface area contributed by atoms with Crippen molar-refractivity contribution in [2.45, 2.75) is 30.8 Å². The molecule has 0 aliphatic carbocycles. The first-order valence-corrected chi connectivity index (χ1v) is 12.5. The molecule has 3 aromatic rings. The normalized spacial score (nSPS) is 19.4. The van der Waals surface area contributed by atoms with Crippen molar-refractivity contribution >= 4 is 16.8 Å². The minimum Gasteiger partial charge on any atom is -0.497 e. The largest absolute Gasteiger partial charge is 0.497 e. The Morgan fingerprint density at radius 1 is 1.08 bits per heavy atom. The van der Waals surface area contributed by atoms with E-state index in [9.17, 15) is 9.90 Å². The Balaban J connectivity index is 1.56. The summed E-state index contributed by atoms with van der Waals surface area (Å²) in [5.41, 5.74) is 4.35. The average molecular weight is 494 g/mol. The van der Waals surface area contributed by atoms with E-state index in [1.807, 2.05) is 29.2 Å². The summed E-state index contributed by atoms with van der Waals surface area (Å²) in [6, 6.07) is 14.1. The van der Waals surface area contributed by atoms with Crippen LogP contribution in [0.3, 0.4) is 0 Å². The van der Waals surface area contributed by atoms with E-state index in [-0.39, 0.29) is 30.6 Å². The number of hydrogen-bond donors (Lipinski definition) is 2. The quantitative estimate of drug-likeness (QED) is 0.526. The number of amides is 1. The van der Waals surface area contributed by atoms with Gasteiger partial charge in [-0.25, -0.2) is 0 Å². The number of hydrogen-bond acceptors (Lipinski definition) is 6. The zero-order chi connectivity index (χ0) is 25.3. The number of H-pyrrole nitrogens is 1. The highest BCUT2D eigenvalue weighted by molar-refractivity contribution is 5.88. The first kappa shape index (κ1) is 24.6. The van der Waals surface area contributed by atoms with Gasteiger partial charge in [0.15, 0.2) is 0 Å². The van der Waals surface area contributed by atoms with Crippen molar-refractivity contribution in [3.05, 3.63) is 59.3 Å². The van der Waals surface area contributed by atoms with Crippen molar-refractivity contribution in [1.82, 2.24) is 14.8 Å². The van der Waals surface area contributed by atoms with Gasteiger partial charge in [0, 0.05) is 61.4 Å².